The standard InChI is InChI=1S/C13H15BrN2O2/c1-2-3-7-11(12(15)17)16-13(18)9-5-4-6-10(14)8-9/h2,4-6,8,11H,1,3,7H2,(H2,15,17)(H,16,18)/t11-/m1/s1. The summed E-state index contributed by atoms with van der Waals surface area (Å²) in [6.07, 6.45) is 2.76. The molecule has 0 aliphatic carbocycles. The van der Waals surface area contributed by atoms with Gasteiger partial charge in [0.05, 0.1) is 0 Å². The maximum absolute atomic E-state index is 11.9. The molecule has 3 N–H and O–H groups in total. The molecule has 1 aromatic carbocycles. The molecule has 0 saturated carbocycles. The topological polar surface area (TPSA) is 72.2 Å². The molecule has 18 heavy (non-hydrogen) atoms. The summed E-state index contributed by atoms with van der Waals surface area (Å²) in [6.45, 7) is 3.57. The Bertz CT molecular complexity index is 460. The Morgan fingerprint density at radius 3 is 2.78 bits per heavy atom. The SMILES string of the molecule is C=CCC[C@@H](NC(=O)c1cccc(Br)c1)C(N)=O. The van der Waals surface area contributed by atoms with Gasteiger partial charge in [-0.1, -0.05) is 28.1 Å². The zero-order valence-electron chi connectivity index (χ0n) is 9.86. The highest BCUT2D eigenvalue weighted by Gasteiger charge is 2.17. The summed E-state index contributed by atoms with van der Waals surface area (Å²) in [5.41, 5.74) is 5.72. The van der Waals surface area contributed by atoms with Crippen LogP contribution in [0.1, 0.15) is 23.2 Å². The quantitative estimate of drug-likeness (QED) is 0.789. The highest BCUT2D eigenvalue weighted by molar-refractivity contribution is 9.10. The number of nitrogens with two attached hydrogens (primary N) is 1. The lowest BCUT2D eigenvalue weighted by atomic mass is 10.1. The summed E-state index contributed by atoms with van der Waals surface area (Å²) in [5.74, 6) is -0.857. The monoisotopic (exact) mass is 310 g/mol. The van der Waals surface area contributed by atoms with Crippen molar-refractivity contribution in [1.29, 1.82) is 0 Å². The summed E-state index contributed by atoms with van der Waals surface area (Å²) in [6, 6.07) is 6.25. The van der Waals surface area contributed by atoms with Crippen molar-refractivity contribution in [3.05, 3.63) is 47.0 Å². The molecular weight excluding hydrogens is 296 g/mol. The molecule has 0 aliphatic heterocycles. The van der Waals surface area contributed by atoms with Gasteiger partial charge in [-0.3, -0.25) is 9.59 Å². The number of primary amides is 1. The van der Waals surface area contributed by atoms with Crippen molar-refractivity contribution < 1.29 is 9.59 Å². The molecule has 0 aromatic heterocycles. The minimum Gasteiger partial charge on any atom is -0.368 e. The van der Waals surface area contributed by atoms with Crippen molar-refractivity contribution in [3.8, 4) is 0 Å². The average molecular weight is 311 g/mol. The normalized spacial score (nSPS) is 11.6. The van der Waals surface area contributed by atoms with E-state index in [1.807, 2.05) is 6.07 Å². The van der Waals surface area contributed by atoms with Gasteiger partial charge in [0, 0.05) is 10.0 Å². The molecule has 5 heteroatoms. The Labute approximate surface area is 114 Å². The molecule has 0 unspecified atom stereocenters. The van der Waals surface area contributed by atoms with Gasteiger partial charge in [-0.15, -0.1) is 6.58 Å². The Balaban J connectivity index is 2.72. The van der Waals surface area contributed by atoms with Gasteiger partial charge >= 0.3 is 0 Å². The zero-order chi connectivity index (χ0) is 13.5. The van der Waals surface area contributed by atoms with Crippen molar-refractivity contribution >= 4 is 27.7 Å². The van der Waals surface area contributed by atoms with Gasteiger partial charge < -0.3 is 11.1 Å². The fourth-order valence-electron chi connectivity index (χ4n) is 1.44. The lowest BCUT2D eigenvalue weighted by molar-refractivity contribution is -0.119. The number of rotatable bonds is 6. The number of benzene rings is 1. The summed E-state index contributed by atoms with van der Waals surface area (Å²) < 4.78 is 0.803. The molecule has 0 aliphatic rings. The number of carbonyl (C=O) groups is 2. The fraction of sp³-hybridized carbons (Fsp3) is 0.231. The highest BCUT2D eigenvalue weighted by atomic mass is 79.9. The minimum atomic E-state index is -0.672. The Morgan fingerprint density at radius 1 is 1.50 bits per heavy atom. The molecular formula is C13H15BrN2O2. The molecule has 1 atom stereocenters. The second-order valence-electron chi connectivity index (χ2n) is 3.80. The number of allylic oxidation sites excluding steroid dienone is 1. The molecule has 0 radical (unpaired) electrons. The minimum absolute atomic E-state index is 0.316. The Morgan fingerprint density at radius 2 is 2.22 bits per heavy atom. The molecule has 0 saturated heterocycles. The second kappa shape index (κ2) is 6.96. The summed E-state index contributed by atoms with van der Waals surface area (Å²) in [5, 5.41) is 2.61. The molecule has 1 aromatic rings. The van der Waals surface area contributed by atoms with E-state index in [0.29, 0.717) is 18.4 Å². The smallest absolute Gasteiger partial charge is 0.251 e. The van der Waals surface area contributed by atoms with Crippen LogP contribution >= 0.6 is 15.9 Å². The molecule has 0 fully saturated rings. The van der Waals surface area contributed by atoms with Crippen LogP contribution in [0.15, 0.2) is 41.4 Å². The van der Waals surface area contributed by atoms with Crippen LogP contribution in [-0.4, -0.2) is 17.9 Å². The maximum atomic E-state index is 11.9. The van der Waals surface area contributed by atoms with Crippen LogP contribution in [0.5, 0.6) is 0 Å². The van der Waals surface area contributed by atoms with Crippen molar-refractivity contribution in [3.63, 3.8) is 0 Å². The fourth-order valence-corrected chi connectivity index (χ4v) is 1.84. The van der Waals surface area contributed by atoms with Crippen LogP contribution in [-0.2, 0) is 4.79 Å². The van der Waals surface area contributed by atoms with E-state index in [1.165, 1.54) is 0 Å². The predicted molar refractivity (Wildman–Crippen MR) is 74.0 cm³/mol. The van der Waals surface area contributed by atoms with Crippen LogP contribution in [0.3, 0.4) is 0 Å². The van der Waals surface area contributed by atoms with Gasteiger partial charge in [0.1, 0.15) is 6.04 Å². The van der Waals surface area contributed by atoms with Gasteiger partial charge in [0.15, 0.2) is 0 Å². The van der Waals surface area contributed by atoms with Gasteiger partial charge in [-0.05, 0) is 31.0 Å². The van der Waals surface area contributed by atoms with E-state index >= 15 is 0 Å². The number of carbonyl (C=O) groups excluding carboxylic acids is 2. The molecule has 2 amide bonds. The summed E-state index contributed by atoms with van der Waals surface area (Å²) in [4.78, 5) is 23.1. The first-order valence-corrected chi connectivity index (χ1v) is 6.30. The van der Waals surface area contributed by atoms with E-state index in [2.05, 4.69) is 27.8 Å². The number of hydrogen-bond donors (Lipinski definition) is 2. The number of amides is 2. The van der Waals surface area contributed by atoms with Crippen molar-refractivity contribution in [2.45, 2.75) is 18.9 Å². The van der Waals surface area contributed by atoms with E-state index < -0.39 is 11.9 Å². The third-order valence-electron chi connectivity index (χ3n) is 2.40. The van der Waals surface area contributed by atoms with E-state index in [9.17, 15) is 9.59 Å². The van der Waals surface area contributed by atoms with Gasteiger partial charge in [-0.25, -0.2) is 0 Å². The Hall–Kier alpha value is -1.62. The van der Waals surface area contributed by atoms with Crippen LogP contribution in [0.4, 0.5) is 0 Å². The molecule has 4 nitrogen and oxygen atoms in total. The zero-order valence-corrected chi connectivity index (χ0v) is 11.4. The third-order valence-corrected chi connectivity index (χ3v) is 2.89. The molecule has 0 bridgehead atoms. The second-order valence-corrected chi connectivity index (χ2v) is 4.72. The maximum Gasteiger partial charge on any atom is 0.251 e. The highest BCUT2D eigenvalue weighted by Crippen LogP contribution is 2.12. The van der Waals surface area contributed by atoms with E-state index in [-0.39, 0.29) is 5.91 Å². The lowest BCUT2D eigenvalue weighted by Crippen LogP contribution is -2.44. The first-order chi connectivity index (χ1) is 8.54. The lowest BCUT2D eigenvalue weighted by Gasteiger charge is -2.14. The molecule has 0 spiro atoms. The molecule has 96 valence electrons. The van der Waals surface area contributed by atoms with Crippen LogP contribution in [0, 0.1) is 0 Å². The van der Waals surface area contributed by atoms with E-state index in [4.69, 9.17) is 5.73 Å². The van der Waals surface area contributed by atoms with Crippen molar-refractivity contribution in [2.24, 2.45) is 5.73 Å². The Kier molecular flexibility index (Phi) is 5.58. The molecule has 0 heterocycles. The third kappa shape index (κ3) is 4.33. The predicted octanol–water partition coefficient (Wildman–Crippen LogP) is 2.00. The van der Waals surface area contributed by atoms with Gasteiger partial charge in [-0.2, -0.15) is 0 Å². The van der Waals surface area contributed by atoms with Crippen molar-refractivity contribution in [2.75, 3.05) is 0 Å². The largest absolute Gasteiger partial charge is 0.368 e. The summed E-state index contributed by atoms with van der Waals surface area (Å²) in [7, 11) is 0. The van der Waals surface area contributed by atoms with Crippen LogP contribution < -0.4 is 11.1 Å². The van der Waals surface area contributed by atoms with Crippen molar-refractivity contribution in [1.82, 2.24) is 5.32 Å². The van der Waals surface area contributed by atoms with Gasteiger partial charge in [0.2, 0.25) is 5.91 Å². The van der Waals surface area contributed by atoms with Crippen LogP contribution in [0.25, 0.3) is 0 Å². The molecule has 1 rings (SSSR count). The van der Waals surface area contributed by atoms with E-state index in [1.54, 1.807) is 24.3 Å². The number of hydrogen-bond acceptors (Lipinski definition) is 2. The number of halogens is 1. The number of nitrogens with one attached hydrogen (secondary N) is 1. The first-order valence-electron chi connectivity index (χ1n) is 5.51. The van der Waals surface area contributed by atoms with Crippen LogP contribution in [0.2, 0.25) is 0 Å². The first kappa shape index (κ1) is 14.4. The van der Waals surface area contributed by atoms with Gasteiger partial charge in [0.25, 0.3) is 5.91 Å². The summed E-state index contributed by atoms with van der Waals surface area (Å²) >= 11 is 3.28. The van der Waals surface area contributed by atoms with E-state index in [0.717, 1.165) is 4.47 Å². The average Bonchev–Trinajstić information content (AvgIpc) is 2.33.